The summed E-state index contributed by atoms with van der Waals surface area (Å²) < 4.78 is 0. The van der Waals surface area contributed by atoms with Gasteiger partial charge in [0.05, 0.1) is 11.5 Å². The number of nitriles is 1. The van der Waals surface area contributed by atoms with Crippen molar-refractivity contribution in [1.82, 2.24) is 0 Å². The van der Waals surface area contributed by atoms with Crippen LogP contribution in [-0.4, -0.2) is 6.04 Å². The van der Waals surface area contributed by atoms with Crippen LogP contribution in [-0.2, 0) is 5.41 Å². The molecule has 2 nitrogen and oxygen atoms in total. The number of nitrogens with one attached hydrogen (secondary N) is 1. The van der Waals surface area contributed by atoms with Gasteiger partial charge in [0.2, 0.25) is 0 Å². The Bertz CT molecular complexity index is 656. The van der Waals surface area contributed by atoms with Crippen molar-refractivity contribution >= 4 is 5.69 Å². The molecule has 106 valence electrons. The number of rotatable bonds is 3. The molecular weight excluding hydrogens is 256 g/mol. The van der Waals surface area contributed by atoms with Crippen LogP contribution < -0.4 is 5.32 Å². The molecule has 1 fully saturated rings. The Balaban J connectivity index is 1.71. The standard InChI is InChI=1S/C19H20N2/c1-14-8-15(2)10-17(9-14)21-18-11-19(12-18,13-20)16-6-4-3-5-7-16/h3-10,18,21H,11-12H2,1-2H3. The molecule has 1 saturated carbocycles. The molecule has 0 bridgehead atoms. The third-order valence-corrected chi connectivity index (χ3v) is 4.32. The van der Waals surface area contributed by atoms with E-state index < -0.39 is 0 Å². The van der Waals surface area contributed by atoms with Crippen LogP contribution in [0.25, 0.3) is 0 Å². The fourth-order valence-corrected chi connectivity index (χ4v) is 3.33. The zero-order chi connectivity index (χ0) is 14.9. The molecule has 0 heterocycles. The first kappa shape index (κ1) is 13.7. The van der Waals surface area contributed by atoms with Gasteiger partial charge in [0, 0.05) is 11.7 Å². The van der Waals surface area contributed by atoms with Gasteiger partial charge >= 0.3 is 0 Å². The third kappa shape index (κ3) is 2.64. The average Bonchev–Trinajstić information content (AvgIpc) is 2.42. The summed E-state index contributed by atoms with van der Waals surface area (Å²) in [5, 5.41) is 13.2. The molecule has 0 radical (unpaired) electrons. The van der Waals surface area contributed by atoms with Gasteiger partial charge in [-0.25, -0.2) is 0 Å². The quantitative estimate of drug-likeness (QED) is 0.905. The Labute approximate surface area is 126 Å². The normalized spacial score (nSPS) is 24.0. The molecule has 2 heteroatoms. The fourth-order valence-electron chi connectivity index (χ4n) is 3.33. The summed E-state index contributed by atoms with van der Waals surface area (Å²) in [5.74, 6) is 0. The molecule has 0 saturated heterocycles. The van der Waals surface area contributed by atoms with Gasteiger partial charge in [-0.3, -0.25) is 0 Å². The predicted octanol–water partition coefficient (Wildman–Crippen LogP) is 4.34. The second-order valence-electron chi connectivity index (χ2n) is 6.19. The van der Waals surface area contributed by atoms with Gasteiger partial charge in [0.1, 0.15) is 0 Å². The summed E-state index contributed by atoms with van der Waals surface area (Å²) in [6.07, 6.45) is 1.75. The third-order valence-electron chi connectivity index (χ3n) is 4.32. The Morgan fingerprint density at radius 2 is 1.67 bits per heavy atom. The summed E-state index contributed by atoms with van der Waals surface area (Å²) in [6, 6.07) is 19.6. The monoisotopic (exact) mass is 276 g/mol. The van der Waals surface area contributed by atoms with Gasteiger partial charge in [-0.2, -0.15) is 5.26 Å². The number of benzene rings is 2. The smallest absolute Gasteiger partial charge is 0.0861 e. The van der Waals surface area contributed by atoms with E-state index >= 15 is 0 Å². The lowest BCUT2D eigenvalue weighted by Crippen LogP contribution is -2.47. The number of aryl methyl sites for hydroxylation is 2. The summed E-state index contributed by atoms with van der Waals surface area (Å²) in [6.45, 7) is 4.23. The highest BCUT2D eigenvalue weighted by molar-refractivity contribution is 5.51. The molecule has 0 spiro atoms. The highest BCUT2D eigenvalue weighted by atomic mass is 14.9. The van der Waals surface area contributed by atoms with Crippen molar-refractivity contribution in [2.45, 2.75) is 38.1 Å². The zero-order valence-electron chi connectivity index (χ0n) is 12.6. The summed E-state index contributed by atoms with van der Waals surface area (Å²) >= 11 is 0. The van der Waals surface area contributed by atoms with E-state index in [1.807, 2.05) is 18.2 Å². The summed E-state index contributed by atoms with van der Waals surface area (Å²) in [5.41, 5.74) is 4.54. The minimum atomic E-state index is -0.308. The van der Waals surface area contributed by atoms with Gasteiger partial charge in [0.15, 0.2) is 0 Å². The molecule has 0 aromatic heterocycles. The Morgan fingerprint density at radius 3 is 2.24 bits per heavy atom. The highest BCUT2D eigenvalue weighted by Crippen LogP contribution is 2.44. The van der Waals surface area contributed by atoms with E-state index in [0.29, 0.717) is 6.04 Å². The SMILES string of the molecule is Cc1cc(C)cc(NC2CC(C#N)(c3ccccc3)C2)c1. The van der Waals surface area contributed by atoms with Crippen LogP contribution in [0.5, 0.6) is 0 Å². The number of nitrogens with zero attached hydrogens (tertiary/aromatic N) is 1. The summed E-state index contributed by atoms with van der Waals surface area (Å²) in [7, 11) is 0. The zero-order valence-corrected chi connectivity index (χ0v) is 12.6. The van der Waals surface area contributed by atoms with E-state index in [2.05, 4.69) is 55.6 Å². The van der Waals surface area contributed by atoms with Crippen LogP contribution >= 0.6 is 0 Å². The van der Waals surface area contributed by atoms with Gasteiger partial charge in [-0.15, -0.1) is 0 Å². The fraction of sp³-hybridized carbons (Fsp3) is 0.316. The molecule has 0 atom stereocenters. The van der Waals surface area contributed by atoms with Gasteiger partial charge in [-0.1, -0.05) is 36.4 Å². The van der Waals surface area contributed by atoms with Crippen molar-refractivity contribution in [3.8, 4) is 6.07 Å². The lowest BCUT2D eigenvalue weighted by molar-refractivity contribution is 0.289. The van der Waals surface area contributed by atoms with Crippen molar-refractivity contribution in [3.63, 3.8) is 0 Å². The maximum absolute atomic E-state index is 9.58. The van der Waals surface area contributed by atoms with Crippen LogP contribution in [0.1, 0.15) is 29.5 Å². The van der Waals surface area contributed by atoms with E-state index in [-0.39, 0.29) is 5.41 Å². The van der Waals surface area contributed by atoms with Crippen molar-refractivity contribution in [3.05, 3.63) is 65.2 Å². The minimum Gasteiger partial charge on any atom is -0.382 e. The molecule has 2 aromatic carbocycles. The lowest BCUT2D eigenvalue weighted by atomic mass is 9.62. The first-order valence-electron chi connectivity index (χ1n) is 7.43. The van der Waals surface area contributed by atoms with Gasteiger partial charge in [-0.05, 0) is 55.5 Å². The minimum absolute atomic E-state index is 0.308. The predicted molar refractivity (Wildman–Crippen MR) is 86.3 cm³/mol. The maximum atomic E-state index is 9.58. The van der Waals surface area contributed by atoms with E-state index in [1.165, 1.54) is 11.1 Å². The summed E-state index contributed by atoms with van der Waals surface area (Å²) in [4.78, 5) is 0. The second kappa shape index (κ2) is 5.26. The first-order chi connectivity index (χ1) is 10.1. The molecule has 0 aliphatic heterocycles. The van der Waals surface area contributed by atoms with Crippen LogP contribution in [0.4, 0.5) is 5.69 Å². The first-order valence-corrected chi connectivity index (χ1v) is 7.43. The largest absolute Gasteiger partial charge is 0.382 e. The van der Waals surface area contributed by atoms with E-state index in [1.54, 1.807) is 0 Å². The second-order valence-corrected chi connectivity index (χ2v) is 6.19. The molecule has 3 rings (SSSR count). The molecule has 1 aliphatic carbocycles. The van der Waals surface area contributed by atoms with Gasteiger partial charge in [0.25, 0.3) is 0 Å². The molecule has 2 aromatic rings. The Kier molecular flexibility index (Phi) is 3.43. The topological polar surface area (TPSA) is 35.8 Å². The van der Waals surface area contributed by atoms with Crippen LogP contribution in [0.2, 0.25) is 0 Å². The molecule has 0 unspecified atom stereocenters. The van der Waals surface area contributed by atoms with Crippen LogP contribution in [0.15, 0.2) is 48.5 Å². The molecule has 21 heavy (non-hydrogen) atoms. The molecule has 1 N–H and O–H groups in total. The molecule has 1 aliphatic rings. The van der Waals surface area contributed by atoms with E-state index in [4.69, 9.17) is 0 Å². The van der Waals surface area contributed by atoms with Crippen LogP contribution in [0.3, 0.4) is 0 Å². The van der Waals surface area contributed by atoms with Crippen molar-refractivity contribution in [2.75, 3.05) is 5.32 Å². The van der Waals surface area contributed by atoms with Crippen LogP contribution in [0, 0.1) is 25.2 Å². The molecule has 0 amide bonds. The lowest BCUT2D eigenvalue weighted by Gasteiger charge is -2.43. The number of anilines is 1. The van der Waals surface area contributed by atoms with E-state index in [0.717, 1.165) is 24.1 Å². The van der Waals surface area contributed by atoms with Gasteiger partial charge < -0.3 is 5.32 Å². The van der Waals surface area contributed by atoms with Crippen molar-refractivity contribution in [2.24, 2.45) is 0 Å². The van der Waals surface area contributed by atoms with E-state index in [9.17, 15) is 5.26 Å². The maximum Gasteiger partial charge on any atom is 0.0861 e. The van der Waals surface area contributed by atoms with Crippen molar-refractivity contribution in [1.29, 1.82) is 5.26 Å². The highest BCUT2D eigenvalue weighted by Gasteiger charge is 2.46. The average molecular weight is 276 g/mol. The Hall–Kier alpha value is -2.27. The number of hydrogen-bond acceptors (Lipinski definition) is 2. The number of hydrogen-bond donors (Lipinski definition) is 1. The Morgan fingerprint density at radius 1 is 1.05 bits per heavy atom. The van der Waals surface area contributed by atoms with Crippen molar-refractivity contribution < 1.29 is 0 Å². The molecular formula is C19H20N2.